The van der Waals surface area contributed by atoms with Crippen LogP contribution in [0.5, 0.6) is 11.5 Å². The summed E-state index contributed by atoms with van der Waals surface area (Å²) >= 11 is 0. The molecule has 0 bridgehead atoms. The highest BCUT2D eigenvalue weighted by Gasteiger charge is 2.28. The van der Waals surface area contributed by atoms with Crippen molar-refractivity contribution in [1.82, 2.24) is 14.3 Å². The average molecular weight is 485 g/mol. The molecule has 0 atom stereocenters. The zero-order chi connectivity index (χ0) is 24.3. The molecule has 0 radical (unpaired) electrons. The minimum absolute atomic E-state index is 0.209. The topological polar surface area (TPSA) is 84.9 Å². The Morgan fingerprint density at radius 2 is 1.74 bits per heavy atom. The van der Waals surface area contributed by atoms with Gasteiger partial charge in [-0.3, -0.25) is 0 Å². The number of rotatable bonds is 8. The molecular weight excluding hydrogens is 452 g/mol. The van der Waals surface area contributed by atoms with Crippen molar-refractivity contribution in [3.05, 3.63) is 42.0 Å². The lowest BCUT2D eigenvalue weighted by Gasteiger charge is -2.35. The number of anilines is 1. The van der Waals surface area contributed by atoms with E-state index >= 15 is 0 Å². The lowest BCUT2D eigenvalue weighted by molar-refractivity contribution is 0.383. The number of nitrogens with zero attached hydrogens (tertiary/aromatic N) is 4. The Bertz CT molecular complexity index is 1270. The predicted octanol–water partition coefficient (Wildman–Crippen LogP) is 3.87. The largest absolute Gasteiger partial charge is 0.497 e. The van der Waals surface area contributed by atoms with E-state index in [4.69, 9.17) is 19.4 Å². The summed E-state index contributed by atoms with van der Waals surface area (Å²) in [5.41, 5.74) is 2.72. The van der Waals surface area contributed by atoms with Gasteiger partial charge in [-0.1, -0.05) is 19.4 Å². The van der Waals surface area contributed by atoms with Crippen molar-refractivity contribution in [3.63, 3.8) is 0 Å². The van der Waals surface area contributed by atoms with Crippen molar-refractivity contribution in [3.8, 4) is 22.9 Å². The van der Waals surface area contributed by atoms with E-state index in [-0.39, 0.29) is 5.75 Å². The van der Waals surface area contributed by atoms with E-state index in [0.717, 1.165) is 34.3 Å². The smallest absolute Gasteiger partial charge is 0.214 e. The van der Waals surface area contributed by atoms with Crippen LogP contribution in [0, 0.1) is 6.92 Å². The average Bonchev–Trinajstić information content (AvgIpc) is 2.86. The molecule has 0 unspecified atom stereocenters. The highest BCUT2D eigenvalue weighted by atomic mass is 32.2. The summed E-state index contributed by atoms with van der Waals surface area (Å²) in [6, 6.07) is 11.7. The second-order valence-electron chi connectivity index (χ2n) is 8.51. The maximum Gasteiger partial charge on any atom is 0.214 e. The quantitative estimate of drug-likeness (QED) is 0.480. The summed E-state index contributed by atoms with van der Waals surface area (Å²) in [5, 5.41) is 0.948. The molecule has 9 heteroatoms. The number of unbranched alkanes of at least 4 members (excludes halogenated alkanes) is 1. The van der Waals surface area contributed by atoms with E-state index in [0.29, 0.717) is 49.9 Å². The van der Waals surface area contributed by atoms with Crippen LogP contribution < -0.4 is 14.4 Å². The van der Waals surface area contributed by atoms with Gasteiger partial charge in [0.1, 0.15) is 17.3 Å². The third kappa shape index (κ3) is 4.95. The molecule has 1 aliphatic rings. The molecule has 0 spiro atoms. The van der Waals surface area contributed by atoms with Gasteiger partial charge < -0.3 is 14.4 Å². The van der Waals surface area contributed by atoms with Crippen molar-refractivity contribution >= 4 is 26.7 Å². The van der Waals surface area contributed by atoms with Crippen LogP contribution >= 0.6 is 0 Å². The first-order valence-corrected chi connectivity index (χ1v) is 13.2. The van der Waals surface area contributed by atoms with Gasteiger partial charge in [0.25, 0.3) is 0 Å². The van der Waals surface area contributed by atoms with E-state index in [9.17, 15) is 8.42 Å². The number of hydrogen-bond donors (Lipinski definition) is 0. The summed E-state index contributed by atoms with van der Waals surface area (Å²) in [4.78, 5) is 12.0. The summed E-state index contributed by atoms with van der Waals surface area (Å²) < 4.78 is 37.9. The third-order valence-corrected chi connectivity index (χ3v) is 8.13. The molecule has 0 aliphatic carbocycles. The first-order valence-electron chi connectivity index (χ1n) is 11.6. The standard InChI is InChI=1S/C25H32N4O4S/c1-5-6-15-34(30,31)29-13-11-28(12-14-29)25-20-9-7-18(2)16-22(20)26-24(27-25)21-10-8-19(32-3)17-23(21)33-4/h7-10,16-17H,5-6,11-15H2,1-4H3. The molecule has 34 heavy (non-hydrogen) atoms. The molecule has 1 aliphatic heterocycles. The number of sulfonamides is 1. The van der Waals surface area contributed by atoms with Gasteiger partial charge >= 0.3 is 0 Å². The first kappa shape index (κ1) is 24.2. The van der Waals surface area contributed by atoms with Gasteiger partial charge in [0.15, 0.2) is 5.82 Å². The zero-order valence-electron chi connectivity index (χ0n) is 20.2. The molecule has 0 amide bonds. The normalized spacial score (nSPS) is 15.0. The van der Waals surface area contributed by atoms with Crippen LogP contribution in [0.1, 0.15) is 25.3 Å². The summed E-state index contributed by atoms with van der Waals surface area (Å²) in [5.74, 6) is 2.90. The Balaban J connectivity index is 1.71. The molecule has 2 heterocycles. The van der Waals surface area contributed by atoms with Crippen LogP contribution in [0.4, 0.5) is 5.82 Å². The molecule has 0 N–H and O–H groups in total. The van der Waals surface area contributed by atoms with E-state index in [1.807, 2.05) is 50.2 Å². The van der Waals surface area contributed by atoms with E-state index in [2.05, 4.69) is 4.90 Å². The minimum Gasteiger partial charge on any atom is -0.497 e. The van der Waals surface area contributed by atoms with Gasteiger partial charge in [-0.25, -0.2) is 18.4 Å². The predicted molar refractivity (Wildman–Crippen MR) is 135 cm³/mol. The van der Waals surface area contributed by atoms with E-state index < -0.39 is 10.0 Å². The van der Waals surface area contributed by atoms with Crippen molar-refractivity contribution in [2.45, 2.75) is 26.7 Å². The van der Waals surface area contributed by atoms with Crippen LogP contribution in [-0.4, -0.2) is 68.8 Å². The van der Waals surface area contributed by atoms with Crippen LogP contribution in [-0.2, 0) is 10.0 Å². The molecule has 2 aromatic carbocycles. The molecule has 4 rings (SSSR count). The van der Waals surface area contributed by atoms with E-state index in [1.54, 1.807) is 18.5 Å². The maximum atomic E-state index is 12.7. The van der Waals surface area contributed by atoms with Crippen LogP contribution in [0.25, 0.3) is 22.3 Å². The van der Waals surface area contributed by atoms with Crippen molar-refractivity contribution in [1.29, 1.82) is 0 Å². The monoisotopic (exact) mass is 484 g/mol. The number of methoxy groups -OCH3 is 2. The summed E-state index contributed by atoms with van der Waals surface area (Å²) in [6.45, 7) is 6.09. The summed E-state index contributed by atoms with van der Waals surface area (Å²) in [6.07, 6.45) is 1.55. The molecule has 8 nitrogen and oxygen atoms in total. The van der Waals surface area contributed by atoms with Crippen molar-refractivity contribution in [2.24, 2.45) is 0 Å². The lowest BCUT2D eigenvalue weighted by atomic mass is 10.1. The van der Waals surface area contributed by atoms with Crippen LogP contribution in [0.15, 0.2) is 36.4 Å². The number of aryl methyl sites for hydroxylation is 1. The van der Waals surface area contributed by atoms with Gasteiger partial charge in [-0.2, -0.15) is 4.31 Å². The Labute approximate surface area is 201 Å². The number of hydrogen-bond acceptors (Lipinski definition) is 7. The number of aromatic nitrogens is 2. The van der Waals surface area contributed by atoms with Crippen molar-refractivity contribution < 1.29 is 17.9 Å². The Morgan fingerprint density at radius 3 is 2.41 bits per heavy atom. The molecule has 182 valence electrons. The second kappa shape index (κ2) is 10.1. The molecule has 1 fully saturated rings. The van der Waals surface area contributed by atoms with Gasteiger partial charge in [0.2, 0.25) is 10.0 Å². The fraction of sp³-hybridized carbons (Fsp3) is 0.440. The Hall–Kier alpha value is -2.91. The van der Waals surface area contributed by atoms with Gasteiger partial charge in [0, 0.05) is 37.6 Å². The third-order valence-electron chi connectivity index (χ3n) is 6.17. The van der Waals surface area contributed by atoms with Crippen LogP contribution in [0.3, 0.4) is 0 Å². The van der Waals surface area contributed by atoms with Gasteiger partial charge in [0.05, 0.1) is 31.1 Å². The second-order valence-corrected chi connectivity index (χ2v) is 10.6. The fourth-order valence-electron chi connectivity index (χ4n) is 4.20. The lowest BCUT2D eigenvalue weighted by Crippen LogP contribution is -2.49. The highest BCUT2D eigenvalue weighted by Crippen LogP contribution is 2.35. The minimum atomic E-state index is -3.22. The molecular formula is C25H32N4O4S. The van der Waals surface area contributed by atoms with Crippen molar-refractivity contribution in [2.75, 3.05) is 51.1 Å². The molecule has 1 saturated heterocycles. The first-order chi connectivity index (χ1) is 16.4. The highest BCUT2D eigenvalue weighted by molar-refractivity contribution is 7.89. The number of benzene rings is 2. The number of fused-ring (bicyclic) bond motifs is 1. The number of ether oxygens (including phenoxy) is 2. The maximum absolute atomic E-state index is 12.7. The molecule has 1 aromatic heterocycles. The zero-order valence-corrected chi connectivity index (χ0v) is 21.1. The van der Waals surface area contributed by atoms with Gasteiger partial charge in [-0.05, 0) is 43.2 Å². The SMILES string of the molecule is CCCCS(=O)(=O)N1CCN(c2nc(-c3ccc(OC)cc3OC)nc3cc(C)ccc23)CC1. The van der Waals surface area contributed by atoms with Crippen LogP contribution in [0.2, 0.25) is 0 Å². The fourth-order valence-corrected chi connectivity index (χ4v) is 5.83. The summed E-state index contributed by atoms with van der Waals surface area (Å²) in [7, 11) is 0.00821. The molecule has 0 saturated carbocycles. The van der Waals surface area contributed by atoms with Gasteiger partial charge in [-0.15, -0.1) is 0 Å². The number of piperazine rings is 1. The molecule has 3 aromatic rings. The Morgan fingerprint density at radius 1 is 0.971 bits per heavy atom. The van der Waals surface area contributed by atoms with E-state index in [1.165, 1.54) is 0 Å². The Kier molecular flexibility index (Phi) is 7.23.